The van der Waals surface area contributed by atoms with Gasteiger partial charge in [0.1, 0.15) is 22.9 Å². The molecule has 0 fully saturated rings. The minimum absolute atomic E-state index is 0.307. The number of nitrogens with zero attached hydrogens (tertiary/aromatic N) is 4. The lowest BCUT2D eigenvalue weighted by Gasteiger charge is -2.35. The van der Waals surface area contributed by atoms with Gasteiger partial charge in [-0.3, -0.25) is 4.79 Å². The Hall–Kier alpha value is -3.78. The van der Waals surface area contributed by atoms with Crippen molar-refractivity contribution in [3.05, 3.63) is 83.7 Å². The third-order valence-electron chi connectivity index (χ3n) is 5.99. The van der Waals surface area contributed by atoms with Crippen LogP contribution in [0.25, 0.3) is 11.8 Å². The van der Waals surface area contributed by atoms with Crippen LogP contribution in [0.2, 0.25) is 0 Å². The van der Waals surface area contributed by atoms with Crippen molar-refractivity contribution in [1.29, 1.82) is 0 Å². The third-order valence-corrected chi connectivity index (χ3v) is 5.99. The highest BCUT2D eigenvalue weighted by molar-refractivity contribution is 6.12. The lowest BCUT2D eigenvalue weighted by atomic mass is 9.90. The molecule has 3 aromatic rings. The molecule has 8 heteroatoms. The van der Waals surface area contributed by atoms with Crippen molar-refractivity contribution in [3.8, 4) is 11.4 Å². The van der Waals surface area contributed by atoms with Gasteiger partial charge >= 0.3 is 0 Å². The largest absolute Gasteiger partial charge is 0.495 e. The van der Waals surface area contributed by atoms with Crippen LogP contribution in [0, 0.1) is 12.7 Å². The van der Waals surface area contributed by atoms with Crippen LogP contribution in [-0.4, -0.2) is 53.6 Å². The second-order valence-electron chi connectivity index (χ2n) is 8.19. The van der Waals surface area contributed by atoms with E-state index >= 15 is 0 Å². The zero-order valence-corrected chi connectivity index (χ0v) is 19.7. The van der Waals surface area contributed by atoms with Crippen LogP contribution < -0.4 is 4.74 Å². The number of benzene rings is 2. The Labute approximate surface area is 198 Å². The van der Waals surface area contributed by atoms with Crippen LogP contribution in [0.15, 0.2) is 66.1 Å². The molecule has 176 valence electrons. The standard InChI is InChI=1S/C26H27FN4O3/c1-18-16-30(17-28-18)22-11-5-19(15-23(22)34-4)6-12-24-29-25(32)26(2,31(24)13-14-33-3)20-7-9-21(27)10-8-20/h5-12,15-17H,13-14H2,1-4H3/b12-6+. The van der Waals surface area contributed by atoms with E-state index in [1.807, 2.05) is 46.9 Å². The molecule has 1 unspecified atom stereocenters. The molecule has 34 heavy (non-hydrogen) atoms. The first kappa shape index (κ1) is 23.4. The van der Waals surface area contributed by atoms with Crippen molar-refractivity contribution in [2.24, 2.45) is 4.99 Å². The quantitative estimate of drug-likeness (QED) is 0.503. The molecule has 0 saturated heterocycles. The predicted octanol–water partition coefficient (Wildman–Crippen LogP) is 4.14. The number of amidine groups is 1. The Morgan fingerprint density at radius 3 is 2.53 bits per heavy atom. The number of amides is 1. The molecule has 0 N–H and O–H groups in total. The van der Waals surface area contributed by atoms with Gasteiger partial charge in [-0.1, -0.05) is 24.3 Å². The highest BCUT2D eigenvalue weighted by atomic mass is 19.1. The lowest BCUT2D eigenvalue weighted by molar-refractivity contribution is -0.125. The maximum Gasteiger partial charge on any atom is 0.277 e. The molecule has 0 bridgehead atoms. The first-order valence-electron chi connectivity index (χ1n) is 10.9. The van der Waals surface area contributed by atoms with Crippen LogP contribution in [0.5, 0.6) is 5.75 Å². The van der Waals surface area contributed by atoms with Gasteiger partial charge in [-0.2, -0.15) is 4.99 Å². The molecule has 0 spiro atoms. The first-order valence-corrected chi connectivity index (χ1v) is 10.9. The molecule has 1 amide bonds. The molecule has 2 heterocycles. The van der Waals surface area contributed by atoms with Gasteiger partial charge in [0.25, 0.3) is 5.91 Å². The number of ether oxygens (including phenoxy) is 2. The molecule has 7 nitrogen and oxygen atoms in total. The summed E-state index contributed by atoms with van der Waals surface area (Å²) in [5, 5.41) is 0. The molecule has 2 aromatic carbocycles. The monoisotopic (exact) mass is 462 g/mol. The lowest BCUT2D eigenvalue weighted by Crippen LogP contribution is -2.47. The fourth-order valence-corrected chi connectivity index (χ4v) is 4.05. The Bertz CT molecular complexity index is 1250. The van der Waals surface area contributed by atoms with Gasteiger partial charge in [0.2, 0.25) is 0 Å². The number of rotatable bonds is 8. The minimum Gasteiger partial charge on any atom is -0.495 e. The molecule has 4 rings (SSSR count). The summed E-state index contributed by atoms with van der Waals surface area (Å²) < 4.78 is 26.3. The van der Waals surface area contributed by atoms with E-state index in [0.29, 0.717) is 30.3 Å². The number of carbonyl (C=O) groups excluding carboxylic acids is 1. The smallest absolute Gasteiger partial charge is 0.277 e. The van der Waals surface area contributed by atoms with Gasteiger partial charge in [0.05, 0.1) is 31.4 Å². The summed E-state index contributed by atoms with van der Waals surface area (Å²) >= 11 is 0. The zero-order chi connectivity index (χ0) is 24.3. The summed E-state index contributed by atoms with van der Waals surface area (Å²) in [5.74, 6) is 0.544. The number of aliphatic imine (C=N–C) groups is 1. The van der Waals surface area contributed by atoms with E-state index in [9.17, 15) is 9.18 Å². The van der Waals surface area contributed by atoms with Crippen molar-refractivity contribution in [3.63, 3.8) is 0 Å². The summed E-state index contributed by atoms with van der Waals surface area (Å²) in [6.07, 6.45) is 7.35. The van der Waals surface area contributed by atoms with Crippen molar-refractivity contribution >= 4 is 17.8 Å². The molecule has 1 aromatic heterocycles. The number of hydrogen-bond acceptors (Lipinski definition) is 5. The van der Waals surface area contributed by atoms with Crippen molar-refractivity contribution < 1.29 is 18.7 Å². The molecular weight excluding hydrogens is 435 g/mol. The molecule has 1 aliphatic heterocycles. The number of aryl methyl sites for hydroxylation is 1. The van der Waals surface area contributed by atoms with Crippen LogP contribution >= 0.6 is 0 Å². The molecule has 1 aliphatic rings. The topological polar surface area (TPSA) is 68.9 Å². The van der Waals surface area contributed by atoms with E-state index < -0.39 is 5.54 Å². The Kier molecular flexibility index (Phi) is 6.61. The van der Waals surface area contributed by atoms with Crippen molar-refractivity contribution in [1.82, 2.24) is 14.5 Å². The second kappa shape index (κ2) is 9.61. The van der Waals surface area contributed by atoms with Crippen LogP contribution in [0.3, 0.4) is 0 Å². The van der Waals surface area contributed by atoms with Gasteiger partial charge in [-0.05, 0) is 55.3 Å². The van der Waals surface area contributed by atoms with E-state index in [4.69, 9.17) is 9.47 Å². The summed E-state index contributed by atoms with van der Waals surface area (Å²) in [7, 11) is 3.23. The van der Waals surface area contributed by atoms with Crippen LogP contribution in [0.4, 0.5) is 4.39 Å². The SMILES string of the molecule is COCCN1C(/C=C/c2ccc(-n3cnc(C)c3)c(OC)c2)=NC(=O)C1(C)c1ccc(F)cc1. The van der Waals surface area contributed by atoms with Crippen molar-refractivity contribution in [2.45, 2.75) is 19.4 Å². The average molecular weight is 463 g/mol. The number of hydrogen-bond donors (Lipinski definition) is 0. The summed E-state index contributed by atoms with van der Waals surface area (Å²) in [6, 6.07) is 11.8. The average Bonchev–Trinajstić information content (AvgIpc) is 3.37. The number of imidazole rings is 1. The maximum atomic E-state index is 13.5. The Morgan fingerprint density at radius 1 is 1.12 bits per heavy atom. The van der Waals surface area contributed by atoms with Gasteiger partial charge in [0.15, 0.2) is 0 Å². The number of carbonyl (C=O) groups is 1. The fourth-order valence-electron chi connectivity index (χ4n) is 4.05. The summed E-state index contributed by atoms with van der Waals surface area (Å²) in [4.78, 5) is 23.5. The maximum absolute atomic E-state index is 13.5. The Balaban J connectivity index is 1.64. The van der Waals surface area contributed by atoms with Gasteiger partial charge < -0.3 is 18.9 Å². The molecule has 1 atom stereocenters. The summed E-state index contributed by atoms with van der Waals surface area (Å²) in [6.45, 7) is 4.58. The van der Waals surface area contributed by atoms with Gasteiger partial charge in [-0.15, -0.1) is 0 Å². The number of halogens is 1. The van der Waals surface area contributed by atoms with E-state index in [2.05, 4.69) is 9.98 Å². The first-order chi connectivity index (χ1) is 16.4. The van der Waals surface area contributed by atoms with Gasteiger partial charge in [-0.25, -0.2) is 9.37 Å². The highest BCUT2D eigenvalue weighted by Gasteiger charge is 2.46. The molecule has 0 radical (unpaired) electrons. The number of aromatic nitrogens is 2. The van der Waals surface area contributed by atoms with E-state index in [0.717, 1.165) is 16.9 Å². The molecule has 0 saturated carbocycles. The summed E-state index contributed by atoms with van der Waals surface area (Å²) in [5.41, 5.74) is 2.29. The van der Waals surface area contributed by atoms with Crippen molar-refractivity contribution in [2.75, 3.05) is 27.4 Å². The normalized spacial score (nSPS) is 18.1. The fraction of sp³-hybridized carbons (Fsp3) is 0.269. The number of methoxy groups -OCH3 is 2. The third kappa shape index (κ3) is 4.36. The minimum atomic E-state index is -1.05. The van der Waals surface area contributed by atoms with Crippen LogP contribution in [0.1, 0.15) is 23.7 Å². The zero-order valence-electron chi connectivity index (χ0n) is 19.7. The van der Waals surface area contributed by atoms with E-state index in [-0.39, 0.29) is 11.7 Å². The molecule has 0 aliphatic carbocycles. The van der Waals surface area contributed by atoms with E-state index in [1.165, 1.54) is 12.1 Å². The highest BCUT2D eigenvalue weighted by Crippen LogP contribution is 2.35. The molecular formula is C26H27FN4O3. The second-order valence-corrected chi connectivity index (χ2v) is 8.19. The van der Waals surface area contributed by atoms with Gasteiger partial charge in [0, 0.05) is 19.9 Å². The predicted molar refractivity (Wildman–Crippen MR) is 129 cm³/mol. The van der Waals surface area contributed by atoms with Crippen LogP contribution in [-0.2, 0) is 15.1 Å². The Morgan fingerprint density at radius 2 is 1.88 bits per heavy atom. The van der Waals surface area contributed by atoms with E-state index in [1.54, 1.807) is 45.7 Å².